The molecular formula is C31H34N4OS. The smallest absolute Gasteiger partial charge is 0.253 e. The topological polar surface area (TPSA) is 49.3 Å². The highest BCUT2D eigenvalue weighted by Crippen LogP contribution is 2.39. The quantitative estimate of drug-likeness (QED) is 0.306. The Labute approximate surface area is 223 Å². The van der Waals surface area contributed by atoms with Crippen molar-refractivity contribution in [2.75, 3.05) is 31.1 Å². The lowest BCUT2D eigenvalue weighted by molar-refractivity contribution is 0.0746. The lowest BCUT2D eigenvalue weighted by Gasteiger charge is -2.36. The minimum absolute atomic E-state index is 0.129. The van der Waals surface area contributed by atoms with E-state index in [1.165, 1.54) is 46.2 Å². The Morgan fingerprint density at radius 1 is 0.865 bits per heavy atom. The number of amides is 1. The zero-order chi connectivity index (χ0) is 25.2. The molecule has 1 aliphatic carbocycles. The van der Waals surface area contributed by atoms with E-state index >= 15 is 0 Å². The number of nitrogens with zero attached hydrogens (tertiary/aromatic N) is 4. The molecule has 0 unspecified atom stereocenters. The molecule has 37 heavy (non-hydrogen) atoms. The van der Waals surface area contributed by atoms with E-state index in [2.05, 4.69) is 48.2 Å². The van der Waals surface area contributed by atoms with Crippen molar-refractivity contribution in [3.05, 3.63) is 87.6 Å². The maximum Gasteiger partial charge on any atom is 0.253 e. The van der Waals surface area contributed by atoms with Crippen LogP contribution in [0.3, 0.4) is 0 Å². The fourth-order valence-corrected chi connectivity index (χ4v) is 6.91. The van der Waals surface area contributed by atoms with Crippen molar-refractivity contribution >= 4 is 33.3 Å². The summed E-state index contributed by atoms with van der Waals surface area (Å²) >= 11 is 1.88. The third kappa shape index (κ3) is 4.99. The molecule has 0 saturated carbocycles. The molecule has 1 aliphatic heterocycles. The minimum Gasteiger partial charge on any atom is -0.352 e. The van der Waals surface area contributed by atoms with Crippen LogP contribution in [0.5, 0.6) is 0 Å². The first-order valence-corrected chi connectivity index (χ1v) is 14.5. The Morgan fingerprint density at radius 2 is 1.62 bits per heavy atom. The van der Waals surface area contributed by atoms with Crippen LogP contribution in [0.1, 0.15) is 63.9 Å². The van der Waals surface area contributed by atoms with Crippen LogP contribution in [0, 0.1) is 0 Å². The normalized spacial score (nSPS) is 16.0. The summed E-state index contributed by atoms with van der Waals surface area (Å²) in [5.41, 5.74) is 4.75. The lowest BCUT2D eigenvalue weighted by atomic mass is 10.1. The summed E-state index contributed by atoms with van der Waals surface area (Å²) in [5, 5.41) is 1.27. The number of anilines is 1. The van der Waals surface area contributed by atoms with Gasteiger partial charge in [0.15, 0.2) is 0 Å². The van der Waals surface area contributed by atoms with Gasteiger partial charge in [-0.05, 0) is 60.9 Å². The van der Waals surface area contributed by atoms with Gasteiger partial charge in [-0.25, -0.2) is 9.97 Å². The van der Waals surface area contributed by atoms with Crippen LogP contribution >= 0.6 is 11.3 Å². The van der Waals surface area contributed by atoms with Crippen LogP contribution in [-0.4, -0.2) is 47.0 Å². The van der Waals surface area contributed by atoms with E-state index in [-0.39, 0.29) is 5.91 Å². The Morgan fingerprint density at radius 3 is 2.38 bits per heavy atom. The molecule has 4 aromatic rings. The molecule has 0 bridgehead atoms. The Bertz CT molecular complexity index is 1390. The Hall–Kier alpha value is -3.25. The number of rotatable bonds is 5. The first kappa shape index (κ1) is 24.1. The van der Waals surface area contributed by atoms with Gasteiger partial charge in [0.2, 0.25) is 0 Å². The number of hydrogen-bond acceptors (Lipinski definition) is 5. The molecule has 3 heterocycles. The monoisotopic (exact) mass is 510 g/mol. The van der Waals surface area contributed by atoms with Gasteiger partial charge in [0, 0.05) is 43.0 Å². The number of aromatic nitrogens is 2. The maximum absolute atomic E-state index is 13.2. The molecule has 2 aromatic heterocycles. The minimum atomic E-state index is 0.129. The maximum atomic E-state index is 13.2. The largest absolute Gasteiger partial charge is 0.352 e. The van der Waals surface area contributed by atoms with Crippen molar-refractivity contribution in [2.45, 2.75) is 51.9 Å². The summed E-state index contributed by atoms with van der Waals surface area (Å²) < 4.78 is 0. The van der Waals surface area contributed by atoms with Crippen molar-refractivity contribution < 1.29 is 4.79 Å². The zero-order valence-corrected chi connectivity index (χ0v) is 22.4. The molecule has 0 N–H and O–H groups in total. The van der Waals surface area contributed by atoms with Gasteiger partial charge in [0.1, 0.15) is 16.5 Å². The fraction of sp³-hybridized carbons (Fsp3) is 0.387. The Kier molecular flexibility index (Phi) is 6.92. The molecule has 5 nitrogen and oxygen atoms in total. The molecule has 2 aliphatic rings. The van der Waals surface area contributed by atoms with Crippen molar-refractivity contribution in [3.8, 4) is 0 Å². The van der Waals surface area contributed by atoms with Gasteiger partial charge in [-0.2, -0.15) is 0 Å². The predicted molar refractivity (Wildman–Crippen MR) is 152 cm³/mol. The zero-order valence-electron chi connectivity index (χ0n) is 21.6. The van der Waals surface area contributed by atoms with Gasteiger partial charge in [-0.15, -0.1) is 11.3 Å². The third-order valence-electron chi connectivity index (χ3n) is 7.77. The second-order valence-electron chi connectivity index (χ2n) is 10.2. The van der Waals surface area contributed by atoms with E-state index in [9.17, 15) is 4.79 Å². The second kappa shape index (κ2) is 10.6. The highest BCUT2D eigenvalue weighted by molar-refractivity contribution is 7.19. The summed E-state index contributed by atoms with van der Waals surface area (Å²) in [5.74, 6) is 2.10. The third-order valence-corrected chi connectivity index (χ3v) is 8.96. The number of carbonyl (C=O) groups excluding carboxylic acids is 1. The standard InChI is InChI=1S/C31H34N4OS/c1-2-22-13-15-24(16-14-22)31(36)35-19-17-34(18-20-35)29-28-25-11-7-4-8-12-26(25)37-30(28)33-27(32-29)21-23-9-5-3-6-10-23/h3,5-6,9-10,13-16H,2,4,7-8,11-12,17-21H2,1H3. The first-order valence-electron chi connectivity index (χ1n) is 13.7. The van der Waals surface area contributed by atoms with Crippen molar-refractivity contribution in [1.29, 1.82) is 0 Å². The predicted octanol–water partition coefficient (Wildman–Crippen LogP) is 6.08. The number of carbonyl (C=O) groups is 1. The van der Waals surface area contributed by atoms with Crippen LogP contribution < -0.4 is 4.90 Å². The number of benzene rings is 2. The van der Waals surface area contributed by atoms with E-state index in [0.29, 0.717) is 13.1 Å². The van der Waals surface area contributed by atoms with Crippen LogP contribution in [-0.2, 0) is 25.7 Å². The molecule has 0 radical (unpaired) electrons. The van der Waals surface area contributed by atoms with Crippen molar-refractivity contribution in [3.63, 3.8) is 0 Å². The highest BCUT2D eigenvalue weighted by Gasteiger charge is 2.27. The van der Waals surface area contributed by atoms with Gasteiger partial charge in [0.25, 0.3) is 5.91 Å². The molecule has 6 heteroatoms. The summed E-state index contributed by atoms with van der Waals surface area (Å²) in [4.78, 5) is 30.5. The summed E-state index contributed by atoms with van der Waals surface area (Å²) in [6.07, 6.45) is 7.80. The van der Waals surface area contributed by atoms with Crippen LogP contribution in [0.4, 0.5) is 5.82 Å². The van der Waals surface area contributed by atoms with Gasteiger partial charge in [0.05, 0.1) is 5.39 Å². The van der Waals surface area contributed by atoms with Gasteiger partial charge in [-0.3, -0.25) is 4.79 Å². The van der Waals surface area contributed by atoms with Gasteiger partial charge < -0.3 is 9.80 Å². The van der Waals surface area contributed by atoms with E-state index < -0.39 is 0 Å². The average molecular weight is 511 g/mol. The number of aryl methyl sites for hydroxylation is 3. The van der Waals surface area contributed by atoms with Crippen LogP contribution in [0.25, 0.3) is 10.2 Å². The summed E-state index contributed by atoms with van der Waals surface area (Å²) in [6, 6.07) is 18.6. The molecular weight excluding hydrogens is 476 g/mol. The number of hydrogen-bond donors (Lipinski definition) is 0. The molecule has 1 fully saturated rings. The van der Waals surface area contributed by atoms with Crippen LogP contribution in [0.2, 0.25) is 0 Å². The van der Waals surface area contributed by atoms with Gasteiger partial charge >= 0.3 is 0 Å². The molecule has 1 amide bonds. The SMILES string of the molecule is CCc1ccc(C(=O)N2CCN(c3nc(Cc4ccccc4)nc4sc5c(c34)CCCCC5)CC2)cc1. The molecule has 1 saturated heterocycles. The van der Waals surface area contributed by atoms with Crippen molar-refractivity contribution in [1.82, 2.24) is 14.9 Å². The molecule has 190 valence electrons. The molecule has 0 atom stereocenters. The Balaban J connectivity index is 1.29. The van der Waals surface area contributed by atoms with E-state index in [1.54, 1.807) is 0 Å². The summed E-state index contributed by atoms with van der Waals surface area (Å²) in [6.45, 7) is 5.14. The molecule has 6 rings (SSSR count). The number of piperazine rings is 1. The molecule has 2 aromatic carbocycles. The average Bonchev–Trinajstić information content (AvgIpc) is 3.13. The van der Waals surface area contributed by atoms with Crippen LogP contribution in [0.15, 0.2) is 54.6 Å². The summed E-state index contributed by atoms with van der Waals surface area (Å²) in [7, 11) is 0. The van der Waals surface area contributed by atoms with E-state index in [1.807, 2.05) is 34.4 Å². The fourth-order valence-electron chi connectivity index (χ4n) is 5.63. The van der Waals surface area contributed by atoms with Crippen molar-refractivity contribution in [2.24, 2.45) is 0 Å². The van der Waals surface area contributed by atoms with E-state index in [4.69, 9.17) is 9.97 Å². The molecule has 0 spiro atoms. The van der Waals surface area contributed by atoms with E-state index in [0.717, 1.165) is 60.8 Å². The van der Waals surface area contributed by atoms with Gasteiger partial charge in [-0.1, -0.05) is 55.8 Å². The first-order chi connectivity index (χ1) is 18.2. The highest BCUT2D eigenvalue weighted by atomic mass is 32.1. The second-order valence-corrected chi connectivity index (χ2v) is 11.3. The number of fused-ring (bicyclic) bond motifs is 3. The number of thiophene rings is 1. The lowest BCUT2D eigenvalue weighted by Crippen LogP contribution is -2.49.